The summed E-state index contributed by atoms with van der Waals surface area (Å²) < 4.78 is 0. The maximum absolute atomic E-state index is 11.4. The van der Waals surface area contributed by atoms with Crippen molar-refractivity contribution in [2.45, 2.75) is 46.6 Å². The highest BCUT2D eigenvalue weighted by Gasteiger charge is 2.07. The van der Waals surface area contributed by atoms with Gasteiger partial charge in [-0.15, -0.1) is 0 Å². The van der Waals surface area contributed by atoms with Crippen LogP contribution in [0.5, 0.6) is 0 Å². The minimum Gasteiger partial charge on any atom is -0.355 e. The Morgan fingerprint density at radius 1 is 1.10 bits per heavy atom. The lowest BCUT2D eigenvalue weighted by Gasteiger charge is -2.15. The number of benzene rings is 1. The summed E-state index contributed by atoms with van der Waals surface area (Å²) >= 11 is 0. The Balaban J connectivity index is 2.31. The molecule has 0 saturated carbocycles. The van der Waals surface area contributed by atoms with Crippen molar-refractivity contribution in [1.82, 2.24) is 10.6 Å². The Hall–Kier alpha value is -1.35. The maximum atomic E-state index is 11.4. The van der Waals surface area contributed by atoms with Gasteiger partial charge >= 0.3 is 0 Å². The Kier molecular flexibility index (Phi) is 7.31. The highest BCUT2D eigenvalue weighted by atomic mass is 16.1. The zero-order valence-electron chi connectivity index (χ0n) is 13.2. The molecular formula is C17H28N2O. The van der Waals surface area contributed by atoms with Gasteiger partial charge in [-0.2, -0.15) is 0 Å². The average Bonchev–Trinajstić information content (AvgIpc) is 2.44. The molecule has 0 aliphatic heterocycles. The number of aryl methyl sites for hydroxylation is 1. The van der Waals surface area contributed by atoms with Crippen LogP contribution in [0.1, 0.15) is 51.3 Å². The Labute approximate surface area is 123 Å². The number of hydrogen-bond acceptors (Lipinski definition) is 2. The van der Waals surface area contributed by atoms with E-state index in [0.29, 0.717) is 12.6 Å². The van der Waals surface area contributed by atoms with Crippen LogP contribution in [-0.4, -0.2) is 19.0 Å². The Morgan fingerprint density at radius 3 is 2.30 bits per heavy atom. The molecule has 112 valence electrons. The summed E-state index contributed by atoms with van der Waals surface area (Å²) in [5.74, 6) is 0.168. The quantitative estimate of drug-likeness (QED) is 0.717. The molecule has 2 N–H and O–H groups in total. The van der Waals surface area contributed by atoms with Gasteiger partial charge in [0.1, 0.15) is 0 Å². The van der Waals surface area contributed by atoms with Crippen LogP contribution < -0.4 is 10.6 Å². The molecule has 0 radical (unpaired) electrons. The molecule has 1 rings (SSSR count). The average molecular weight is 276 g/mol. The minimum absolute atomic E-state index is 0.0542. The van der Waals surface area contributed by atoms with Gasteiger partial charge in [-0.3, -0.25) is 4.79 Å². The molecule has 1 atom stereocenters. The van der Waals surface area contributed by atoms with Crippen molar-refractivity contribution in [1.29, 1.82) is 0 Å². The second kappa shape index (κ2) is 8.75. The number of nitrogens with one attached hydrogen (secondary N) is 2. The highest BCUT2D eigenvalue weighted by molar-refractivity contribution is 5.77. The van der Waals surface area contributed by atoms with Gasteiger partial charge in [-0.1, -0.05) is 51.5 Å². The van der Waals surface area contributed by atoms with Crippen LogP contribution >= 0.6 is 0 Å². The van der Waals surface area contributed by atoms with Crippen molar-refractivity contribution in [2.75, 3.05) is 13.1 Å². The standard InChI is InChI=1S/C17H28N2O/c1-5-6-15-7-9-16(10-8-15)14(4)18-11-12-19-17(20)13(2)3/h7-10,13-14,18H,5-6,11-12H2,1-4H3,(H,19,20). The molecule has 0 heterocycles. The minimum atomic E-state index is 0.0542. The Morgan fingerprint density at radius 2 is 1.75 bits per heavy atom. The van der Waals surface area contributed by atoms with E-state index < -0.39 is 0 Å². The summed E-state index contributed by atoms with van der Waals surface area (Å²) in [5.41, 5.74) is 2.69. The topological polar surface area (TPSA) is 41.1 Å². The van der Waals surface area contributed by atoms with Crippen molar-refractivity contribution in [3.63, 3.8) is 0 Å². The van der Waals surface area contributed by atoms with Crippen molar-refractivity contribution in [2.24, 2.45) is 5.92 Å². The summed E-state index contributed by atoms with van der Waals surface area (Å²) in [5, 5.41) is 6.34. The molecule has 0 aromatic heterocycles. The number of carbonyl (C=O) groups is 1. The molecule has 0 aliphatic carbocycles. The van der Waals surface area contributed by atoms with E-state index in [9.17, 15) is 4.79 Å². The van der Waals surface area contributed by atoms with E-state index in [1.807, 2.05) is 13.8 Å². The van der Waals surface area contributed by atoms with Gasteiger partial charge in [0.05, 0.1) is 0 Å². The zero-order valence-corrected chi connectivity index (χ0v) is 13.2. The van der Waals surface area contributed by atoms with Gasteiger partial charge < -0.3 is 10.6 Å². The predicted octanol–water partition coefficient (Wildman–Crippen LogP) is 3.06. The summed E-state index contributed by atoms with van der Waals surface area (Å²) in [7, 11) is 0. The van der Waals surface area contributed by atoms with E-state index in [1.54, 1.807) is 0 Å². The van der Waals surface area contributed by atoms with Crippen molar-refractivity contribution >= 4 is 5.91 Å². The summed E-state index contributed by atoms with van der Waals surface area (Å²) in [6, 6.07) is 9.10. The monoisotopic (exact) mass is 276 g/mol. The molecule has 3 heteroatoms. The van der Waals surface area contributed by atoms with Crippen LogP contribution in [0, 0.1) is 5.92 Å². The van der Waals surface area contributed by atoms with Crippen LogP contribution in [0.25, 0.3) is 0 Å². The highest BCUT2D eigenvalue weighted by Crippen LogP contribution is 2.13. The van der Waals surface area contributed by atoms with Gasteiger partial charge in [0.15, 0.2) is 0 Å². The van der Waals surface area contributed by atoms with Crippen LogP contribution in [0.2, 0.25) is 0 Å². The molecule has 1 amide bonds. The molecule has 20 heavy (non-hydrogen) atoms. The second-order valence-corrected chi connectivity index (χ2v) is 5.61. The van der Waals surface area contributed by atoms with Gasteiger partial charge in [0, 0.05) is 25.0 Å². The maximum Gasteiger partial charge on any atom is 0.222 e. The zero-order chi connectivity index (χ0) is 15.0. The van der Waals surface area contributed by atoms with Gasteiger partial charge in [-0.25, -0.2) is 0 Å². The first-order valence-corrected chi connectivity index (χ1v) is 7.64. The molecule has 0 saturated heterocycles. The van der Waals surface area contributed by atoms with Crippen molar-refractivity contribution in [3.05, 3.63) is 35.4 Å². The lowest BCUT2D eigenvalue weighted by molar-refractivity contribution is -0.123. The summed E-state index contributed by atoms with van der Waals surface area (Å²) in [6.07, 6.45) is 2.33. The fraction of sp³-hybridized carbons (Fsp3) is 0.588. The summed E-state index contributed by atoms with van der Waals surface area (Å²) in [4.78, 5) is 11.4. The van der Waals surface area contributed by atoms with E-state index in [1.165, 1.54) is 17.5 Å². The molecule has 0 spiro atoms. The molecule has 0 bridgehead atoms. The van der Waals surface area contributed by atoms with Crippen LogP contribution in [-0.2, 0) is 11.2 Å². The molecule has 3 nitrogen and oxygen atoms in total. The van der Waals surface area contributed by atoms with Crippen LogP contribution in [0.4, 0.5) is 0 Å². The second-order valence-electron chi connectivity index (χ2n) is 5.61. The molecule has 1 aromatic rings. The lowest BCUT2D eigenvalue weighted by Crippen LogP contribution is -2.35. The smallest absolute Gasteiger partial charge is 0.222 e. The van der Waals surface area contributed by atoms with Crippen molar-refractivity contribution in [3.8, 4) is 0 Å². The third-order valence-electron chi connectivity index (χ3n) is 3.42. The first kappa shape index (κ1) is 16.7. The van der Waals surface area contributed by atoms with E-state index in [-0.39, 0.29) is 11.8 Å². The first-order valence-electron chi connectivity index (χ1n) is 7.64. The number of carbonyl (C=O) groups excluding carboxylic acids is 1. The lowest BCUT2D eigenvalue weighted by atomic mass is 10.0. The molecule has 1 unspecified atom stereocenters. The SMILES string of the molecule is CCCc1ccc(C(C)NCCNC(=O)C(C)C)cc1. The number of amides is 1. The van der Waals surface area contributed by atoms with E-state index in [4.69, 9.17) is 0 Å². The van der Waals surface area contributed by atoms with Crippen LogP contribution in [0.15, 0.2) is 24.3 Å². The Bertz CT molecular complexity index is 398. The van der Waals surface area contributed by atoms with Gasteiger partial charge in [0.25, 0.3) is 0 Å². The first-order chi connectivity index (χ1) is 9.54. The third-order valence-corrected chi connectivity index (χ3v) is 3.42. The largest absolute Gasteiger partial charge is 0.355 e. The van der Waals surface area contributed by atoms with Gasteiger partial charge in [0.2, 0.25) is 5.91 Å². The van der Waals surface area contributed by atoms with E-state index in [2.05, 4.69) is 48.7 Å². The molecule has 0 aliphatic rings. The molecular weight excluding hydrogens is 248 g/mol. The van der Waals surface area contributed by atoms with E-state index >= 15 is 0 Å². The fourth-order valence-corrected chi connectivity index (χ4v) is 2.06. The third kappa shape index (κ3) is 5.74. The normalized spacial score (nSPS) is 12.4. The summed E-state index contributed by atoms with van der Waals surface area (Å²) in [6.45, 7) is 9.63. The van der Waals surface area contributed by atoms with Crippen LogP contribution in [0.3, 0.4) is 0 Å². The molecule has 0 fully saturated rings. The molecule has 1 aromatic carbocycles. The number of hydrogen-bond donors (Lipinski definition) is 2. The van der Waals surface area contributed by atoms with E-state index in [0.717, 1.165) is 13.0 Å². The fourth-order valence-electron chi connectivity index (χ4n) is 2.06. The van der Waals surface area contributed by atoms with Gasteiger partial charge in [-0.05, 0) is 24.5 Å². The predicted molar refractivity (Wildman–Crippen MR) is 84.7 cm³/mol. The number of rotatable bonds is 8. The van der Waals surface area contributed by atoms with Crippen molar-refractivity contribution < 1.29 is 4.79 Å².